The molecule has 1 fully saturated rings. The van der Waals surface area contributed by atoms with E-state index in [-0.39, 0.29) is 0 Å². The molecule has 19 heavy (non-hydrogen) atoms. The summed E-state index contributed by atoms with van der Waals surface area (Å²) >= 11 is 0. The van der Waals surface area contributed by atoms with Crippen molar-refractivity contribution in [2.45, 2.75) is 11.8 Å². The van der Waals surface area contributed by atoms with Crippen molar-refractivity contribution in [1.82, 2.24) is 0 Å². The van der Waals surface area contributed by atoms with E-state index in [2.05, 4.69) is 30.7 Å². The van der Waals surface area contributed by atoms with Crippen LogP contribution in [-0.4, -0.2) is 14.2 Å². The number of methoxy groups -OCH3 is 2. The van der Waals surface area contributed by atoms with Crippen molar-refractivity contribution >= 4 is 0 Å². The molecule has 2 atom stereocenters. The van der Waals surface area contributed by atoms with Crippen molar-refractivity contribution in [3.63, 3.8) is 0 Å². The van der Waals surface area contributed by atoms with Gasteiger partial charge in [0.2, 0.25) is 0 Å². The van der Waals surface area contributed by atoms with Gasteiger partial charge in [-0.1, -0.05) is 24.3 Å². The Morgan fingerprint density at radius 3 is 1.37 bits per heavy atom. The van der Waals surface area contributed by atoms with Crippen molar-refractivity contribution in [2.24, 2.45) is 0 Å². The first-order chi connectivity index (χ1) is 9.31. The van der Waals surface area contributed by atoms with Crippen molar-refractivity contribution in [2.75, 3.05) is 14.2 Å². The molecule has 0 bridgehead atoms. The number of benzene rings is 2. The topological polar surface area (TPSA) is 18.5 Å². The molecular formula is C17H16O2. The van der Waals surface area contributed by atoms with Crippen molar-refractivity contribution < 1.29 is 9.47 Å². The zero-order valence-corrected chi connectivity index (χ0v) is 11.1. The minimum Gasteiger partial charge on any atom is -0.497 e. The van der Waals surface area contributed by atoms with Gasteiger partial charge in [-0.3, -0.25) is 0 Å². The van der Waals surface area contributed by atoms with Crippen LogP contribution in [-0.2, 0) is 0 Å². The summed E-state index contributed by atoms with van der Waals surface area (Å²) < 4.78 is 10.3. The molecule has 2 nitrogen and oxygen atoms in total. The van der Waals surface area contributed by atoms with Gasteiger partial charge in [-0.2, -0.15) is 0 Å². The smallest absolute Gasteiger partial charge is 0.118 e. The van der Waals surface area contributed by atoms with Crippen molar-refractivity contribution in [1.29, 1.82) is 0 Å². The quantitative estimate of drug-likeness (QED) is 0.826. The minimum atomic E-state index is 0.402. The first kappa shape index (κ1) is 12.1. The lowest BCUT2D eigenvalue weighted by atomic mass is 10.0. The number of ether oxygens (including phenoxy) is 2. The Morgan fingerprint density at radius 1 is 0.684 bits per heavy atom. The van der Waals surface area contributed by atoms with E-state index < -0.39 is 0 Å². The highest BCUT2D eigenvalue weighted by atomic mass is 16.5. The molecule has 0 aliphatic heterocycles. The molecule has 0 heterocycles. The SMILES string of the molecule is COc1ccc([C@@H]2[C][C@H]2c2ccc(OC)cc2)cc1. The van der Waals surface area contributed by atoms with E-state index in [4.69, 9.17) is 9.47 Å². The van der Waals surface area contributed by atoms with Gasteiger partial charge < -0.3 is 9.47 Å². The third kappa shape index (κ3) is 2.43. The van der Waals surface area contributed by atoms with Gasteiger partial charge >= 0.3 is 0 Å². The largest absolute Gasteiger partial charge is 0.497 e. The molecule has 0 aromatic heterocycles. The van der Waals surface area contributed by atoms with Crippen LogP contribution >= 0.6 is 0 Å². The van der Waals surface area contributed by atoms with Gasteiger partial charge in [0.15, 0.2) is 0 Å². The van der Waals surface area contributed by atoms with Gasteiger partial charge in [-0.05, 0) is 47.2 Å². The Labute approximate surface area is 114 Å². The molecule has 2 aromatic carbocycles. The number of hydrogen-bond donors (Lipinski definition) is 0. The number of rotatable bonds is 4. The second kappa shape index (κ2) is 4.96. The summed E-state index contributed by atoms with van der Waals surface area (Å²) in [5, 5.41) is 0. The summed E-state index contributed by atoms with van der Waals surface area (Å²) in [4.78, 5) is 0. The third-order valence-corrected chi connectivity index (χ3v) is 3.53. The van der Waals surface area contributed by atoms with Gasteiger partial charge in [0.25, 0.3) is 0 Å². The summed E-state index contributed by atoms with van der Waals surface area (Å²) in [6, 6.07) is 16.4. The van der Waals surface area contributed by atoms with E-state index >= 15 is 0 Å². The fourth-order valence-corrected chi connectivity index (χ4v) is 2.34. The molecule has 2 radical (unpaired) electrons. The lowest BCUT2D eigenvalue weighted by Gasteiger charge is -2.04. The van der Waals surface area contributed by atoms with Gasteiger partial charge in [0.1, 0.15) is 11.5 Å². The lowest BCUT2D eigenvalue weighted by molar-refractivity contribution is 0.414. The molecule has 0 N–H and O–H groups in total. The van der Waals surface area contributed by atoms with Crippen LogP contribution in [0.25, 0.3) is 0 Å². The Hall–Kier alpha value is -1.96. The number of hydrogen-bond acceptors (Lipinski definition) is 2. The van der Waals surface area contributed by atoms with Crippen LogP contribution in [0.1, 0.15) is 23.0 Å². The van der Waals surface area contributed by atoms with Crippen LogP contribution in [0.4, 0.5) is 0 Å². The standard InChI is InChI=1S/C17H16O2/c1-18-14-7-3-12(4-8-14)16-11-17(16)13-5-9-15(19-2)10-6-13/h3-10,16-17H,1-2H3/t16-,17-/m0/s1. The molecule has 0 spiro atoms. The third-order valence-electron chi connectivity index (χ3n) is 3.53. The fraction of sp³-hybridized carbons (Fsp3) is 0.235. The first-order valence-corrected chi connectivity index (χ1v) is 6.36. The predicted molar refractivity (Wildman–Crippen MR) is 74.7 cm³/mol. The Morgan fingerprint density at radius 2 is 1.05 bits per heavy atom. The fourth-order valence-electron chi connectivity index (χ4n) is 2.34. The molecule has 1 aliphatic carbocycles. The molecule has 0 saturated heterocycles. The van der Waals surface area contributed by atoms with Crippen LogP contribution < -0.4 is 9.47 Å². The first-order valence-electron chi connectivity index (χ1n) is 6.36. The second-order valence-corrected chi connectivity index (χ2v) is 4.67. The highest BCUT2D eigenvalue weighted by Crippen LogP contribution is 2.53. The average molecular weight is 252 g/mol. The van der Waals surface area contributed by atoms with Crippen molar-refractivity contribution in [3.8, 4) is 11.5 Å². The zero-order chi connectivity index (χ0) is 13.2. The lowest BCUT2D eigenvalue weighted by Crippen LogP contribution is -1.87. The monoisotopic (exact) mass is 252 g/mol. The van der Waals surface area contributed by atoms with E-state index in [1.165, 1.54) is 11.1 Å². The molecule has 2 aromatic rings. The van der Waals surface area contributed by atoms with Crippen molar-refractivity contribution in [3.05, 3.63) is 66.1 Å². The van der Waals surface area contributed by atoms with Crippen LogP contribution in [0.2, 0.25) is 0 Å². The Balaban J connectivity index is 1.72. The van der Waals surface area contributed by atoms with Crippen LogP contribution in [0.15, 0.2) is 48.5 Å². The second-order valence-electron chi connectivity index (χ2n) is 4.67. The van der Waals surface area contributed by atoms with E-state index in [1.54, 1.807) is 14.2 Å². The molecule has 0 amide bonds. The summed E-state index contributed by atoms with van der Waals surface area (Å²) in [5.41, 5.74) is 2.59. The molecule has 1 saturated carbocycles. The maximum atomic E-state index is 5.17. The molecule has 2 heteroatoms. The molecule has 0 unspecified atom stereocenters. The highest BCUT2D eigenvalue weighted by Gasteiger charge is 2.40. The molecular weight excluding hydrogens is 236 g/mol. The van der Waals surface area contributed by atoms with E-state index in [0.717, 1.165) is 11.5 Å². The molecule has 96 valence electrons. The predicted octanol–water partition coefficient (Wildman–Crippen LogP) is 3.67. The highest BCUT2D eigenvalue weighted by molar-refractivity contribution is 5.46. The Kier molecular flexibility index (Phi) is 3.16. The average Bonchev–Trinajstić information content (AvgIpc) is 3.28. The molecule has 1 aliphatic rings. The van der Waals surface area contributed by atoms with E-state index in [1.807, 2.05) is 24.3 Å². The minimum absolute atomic E-state index is 0.402. The summed E-state index contributed by atoms with van der Waals surface area (Å²) in [7, 11) is 3.37. The summed E-state index contributed by atoms with van der Waals surface area (Å²) in [6.45, 7) is 0. The zero-order valence-electron chi connectivity index (χ0n) is 11.1. The van der Waals surface area contributed by atoms with Gasteiger partial charge in [0, 0.05) is 6.42 Å². The van der Waals surface area contributed by atoms with Gasteiger partial charge in [0.05, 0.1) is 14.2 Å². The van der Waals surface area contributed by atoms with Crippen LogP contribution in [0, 0.1) is 6.42 Å². The van der Waals surface area contributed by atoms with Crippen LogP contribution in [0.5, 0.6) is 11.5 Å². The Bertz CT molecular complexity index is 491. The summed E-state index contributed by atoms with van der Waals surface area (Å²) in [6.07, 6.45) is 3.49. The maximum Gasteiger partial charge on any atom is 0.118 e. The van der Waals surface area contributed by atoms with E-state index in [9.17, 15) is 0 Å². The van der Waals surface area contributed by atoms with Gasteiger partial charge in [-0.25, -0.2) is 0 Å². The normalized spacial score (nSPS) is 20.9. The summed E-state index contributed by atoms with van der Waals surface area (Å²) in [5.74, 6) is 2.59. The van der Waals surface area contributed by atoms with Gasteiger partial charge in [-0.15, -0.1) is 0 Å². The van der Waals surface area contributed by atoms with Crippen LogP contribution in [0.3, 0.4) is 0 Å². The molecule has 3 rings (SSSR count). The van der Waals surface area contributed by atoms with E-state index in [0.29, 0.717) is 11.8 Å². The maximum absolute atomic E-state index is 5.17.